The smallest absolute Gasteiger partial charge is 0.148 e. The molecule has 0 saturated heterocycles. The standard InChI is InChI=1S/C25H26ClN3O2S/c1-28(2)17-25(32(30)31)20-10-14-22(15-11-20)29-24(19-6-4-3-5-7-19)16-23(27-29)18-8-12-21(26)13-9-18/h3-15,24-25,32H,16-17H2,1-2H3. The zero-order valence-corrected chi connectivity index (χ0v) is 19.7. The second kappa shape index (κ2) is 9.86. The molecule has 3 aromatic rings. The van der Waals surface area contributed by atoms with Crippen molar-refractivity contribution < 1.29 is 8.42 Å². The number of nitrogens with zero attached hydrogens (tertiary/aromatic N) is 3. The lowest BCUT2D eigenvalue weighted by molar-refractivity contribution is 0.404. The Morgan fingerprint density at radius 2 is 1.66 bits per heavy atom. The Labute approximate surface area is 195 Å². The molecule has 1 aliphatic rings. The van der Waals surface area contributed by atoms with Gasteiger partial charge in [-0.25, -0.2) is 8.42 Å². The van der Waals surface area contributed by atoms with Crippen LogP contribution in [0.4, 0.5) is 5.69 Å². The summed E-state index contributed by atoms with van der Waals surface area (Å²) in [5.74, 6) is 0. The van der Waals surface area contributed by atoms with Crippen LogP contribution in [0.2, 0.25) is 5.02 Å². The lowest BCUT2D eigenvalue weighted by Crippen LogP contribution is -2.21. The van der Waals surface area contributed by atoms with Crippen molar-refractivity contribution in [1.82, 2.24) is 4.90 Å². The van der Waals surface area contributed by atoms with Crippen molar-refractivity contribution in [3.8, 4) is 0 Å². The van der Waals surface area contributed by atoms with E-state index in [4.69, 9.17) is 16.7 Å². The van der Waals surface area contributed by atoms with Crippen LogP contribution >= 0.6 is 11.6 Å². The molecular formula is C25H26ClN3O2S. The summed E-state index contributed by atoms with van der Waals surface area (Å²) in [6, 6.07) is 25.8. The van der Waals surface area contributed by atoms with Gasteiger partial charge in [0.1, 0.15) is 10.7 Å². The first-order valence-corrected chi connectivity index (χ1v) is 12.1. The lowest BCUT2D eigenvalue weighted by atomic mass is 9.98. The molecule has 2 atom stereocenters. The molecule has 166 valence electrons. The van der Waals surface area contributed by atoms with Gasteiger partial charge in [0.05, 0.1) is 22.7 Å². The summed E-state index contributed by atoms with van der Waals surface area (Å²) in [5, 5.41) is 7.14. The van der Waals surface area contributed by atoms with Crippen LogP contribution in [0.5, 0.6) is 0 Å². The van der Waals surface area contributed by atoms with Crippen molar-refractivity contribution in [2.75, 3.05) is 25.6 Å². The Bertz CT molecular complexity index is 1150. The summed E-state index contributed by atoms with van der Waals surface area (Å²) in [5.41, 5.74) is 4.93. The Kier molecular flexibility index (Phi) is 6.94. The van der Waals surface area contributed by atoms with E-state index in [1.165, 1.54) is 5.56 Å². The highest BCUT2D eigenvalue weighted by Gasteiger charge is 2.30. The minimum absolute atomic E-state index is 0.0569. The van der Waals surface area contributed by atoms with Crippen LogP contribution in [0, 0.1) is 0 Å². The first-order chi connectivity index (χ1) is 15.4. The van der Waals surface area contributed by atoms with E-state index in [0.717, 1.165) is 28.9 Å². The molecule has 32 heavy (non-hydrogen) atoms. The van der Waals surface area contributed by atoms with Gasteiger partial charge in [-0.1, -0.05) is 66.2 Å². The molecule has 4 rings (SSSR count). The number of anilines is 1. The molecular weight excluding hydrogens is 442 g/mol. The molecule has 0 saturated carbocycles. The first-order valence-electron chi connectivity index (χ1n) is 10.5. The number of thiol groups is 1. The molecule has 0 fully saturated rings. The van der Waals surface area contributed by atoms with Gasteiger partial charge in [0.25, 0.3) is 0 Å². The van der Waals surface area contributed by atoms with E-state index in [1.807, 2.05) is 90.7 Å². The second-order valence-corrected chi connectivity index (χ2v) is 9.81. The summed E-state index contributed by atoms with van der Waals surface area (Å²) in [6.07, 6.45) is 0.767. The third kappa shape index (κ3) is 5.04. The highest BCUT2D eigenvalue weighted by Crippen LogP contribution is 2.37. The molecule has 0 radical (unpaired) electrons. The van der Waals surface area contributed by atoms with Crippen molar-refractivity contribution in [1.29, 1.82) is 0 Å². The minimum Gasteiger partial charge on any atom is -0.308 e. The molecule has 7 heteroatoms. The van der Waals surface area contributed by atoms with E-state index in [2.05, 4.69) is 12.1 Å². The van der Waals surface area contributed by atoms with Crippen LogP contribution in [0.15, 0.2) is 84.0 Å². The fourth-order valence-electron chi connectivity index (χ4n) is 3.99. The number of hydrogen-bond donors (Lipinski definition) is 1. The molecule has 3 aromatic carbocycles. The molecule has 0 N–H and O–H groups in total. The summed E-state index contributed by atoms with van der Waals surface area (Å²) in [4.78, 5) is 1.89. The highest BCUT2D eigenvalue weighted by molar-refractivity contribution is 7.72. The van der Waals surface area contributed by atoms with E-state index in [-0.39, 0.29) is 6.04 Å². The maximum absolute atomic E-state index is 11.8. The van der Waals surface area contributed by atoms with Crippen molar-refractivity contribution >= 4 is 33.7 Å². The first kappa shape index (κ1) is 22.5. The van der Waals surface area contributed by atoms with Gasteiger partial charge < -0.3 is 4.90 Å². The average molecular weight is 468 g/mol. The van der Waals surface area contributed by atoms with E-state index in [0.29, 0.717) is 11.6 Å². The molecule has 0 amide bonds. The van der Waals surface area contributed by atoms with Gasteiger partial charge in [0.15, 0.2) is 0 Å². The summed E-state index contributed by atoms with van der Waals surface area (Å²) in [6.45, 7) is 0.452. The van der Waals surface area contributed by atoms with Gasteiger partial charge in [-0.2, -0.15) is 5.10 Å². The predicted molar refractivity (Wildman–Crippen MR) is 132 cm³/mol. The maximum Gasteiger partial charge on any atom is 0.148 e. The fourth-order valence-corrected chi connectivity index (χ4v) is 4.99. The summed E-state index contributed by atoms with van der Waals surface area (Å²) in [7, 11) is 1.18. The molecule has 5 nitrogen and oxygen atoms in total. The van der Waals surface area contributed by atoms with E-state index < -0.39 is 16.0 Å². The van der Waals surface area contributed by atoms with Gasteiger partial charge >= 0.3 is 0 Å². The third-order valence-electron chi connectivity index (χ3n) is 5.61. The SMILES string of the molecule is CN(C)CC(c1ccc(N2N=C(c3ccc(Cl)cc3)CC2c2ccccc2)cc1)[SH](=O)=O. The highest BCUT2D eigenvalue weighted by atomic mass is 35.5. The van der Waals surface area contributed by atoms with Crippen LogP contribution in [0.1, 0.15) is 34.4 Å². The van der Waals surface area contributed by atoms with E-state index in [9.17, 15) is 8.42 Å². The number of hydrazone groups is 1. The molecule has 0 spiro atoms. The Morgan fingerprint density at radius 1 is 1.00 bits per heavy atom. The number of likely N-dealkylation sites (N-methyl/N-ethyl adjacent to an activating group) is 1. The Balaban J connectivity index is 1.68. The van der Waals surface area contributed by atoms with Crippen molar-refractivity contribution in [3.63, 3.8) is 0 Å². The van der Waals surface area contributed by atoms with E-state index >= 15 is 0 Å². The second-order valence-electron chi connectivity index (χ2n) is 8.18. The third-order valence-corrected chi connectivity index (χ3v) is 6.83. The summed E-state index contributed by atoms with van der Waals surface area (Å²) >= 11 is 6.06. The number of rotatable bonds is 7. The van der Waals surface area contributed by atoms with Crippen LogP contribution in [-0.4, -0.2) is 39.7 Å². The normalized spacial score (nSPS) is 17.1. The van der Waals surface area contributed by atoms with Crippen LogP contribution in [0.25, 0.3) is 0 Å². The largest absolute Gasteiger partial charge is 0.308 e. The minimum atomic E-state index is -2.57. The predicted octanol–water partition coefficient (Wildman–Crippen LogP) is 4.91. The molecule has 0 aliphatic carbocycles. The lowest BCUT2D eigenvalue weighted by Gasteiger charge is -2.24. The monoisotopic (exact) mass is 467 g/mol. The van der Waals surface area contributed by atoms with Gasteiger partial charge in [-0.3, -0.25) is 5.01 Å². The van der Waals surface area contributed by atoms with Crippen LogP contribution in [0.3, 0.4) is 0 Å². The molecule has 0 bridgehead atoms. The molecule has 1 aliphatic heterocycles. The van der Waals surface area contributed by atoms with Crippen molar-refractivity contribution in [2.24, 2.45) is 5.10 Å². The van der Waals surface area contributed by atoms with Gasteiger partial charge in [0.2, 0.25) is 0 Å². The molecule has 2 unspecified atom stereocenters. The van der Waals surface area contributed by atoms with Crippen LogP contribution < -0.4 is 5.01 Å². The average Bonchev–Trinajstić information content (AvgIpc) is 3.24. The zero-order valence-electron chi connectivity index (χ0n) is 18.1. The fraction of sp³-hybridized carbons (Fsp3) is 0.240. The van der Waals surface area contributed by atoms with Gasteiger partial charge in [0, 0.05) is 18.0 Å². The number of benzene rings is 3. The van der Waals surface area contributed by atoms with Gasteiger partial charge in [-0.15, -0.1) is 0 Å². The van der Waals surface area contributed by atoms with Crippen molar-refractivity contribution in [3.05, 3.63) is 101 Å². The number of halogens is 1. The van der Waals surface area contributed by atoms with Gasteiger partial charge in [-0.05, 0) is 55.1 Å². The molecule has 0 aromatic heterocycles. The van der Waals surface area contributed by atoms with Crippen molar-refractivity contribution in [2.45, 2.75) is 17.7 Å². The zero-order chi connectivity index (χ0) is 22.7. The van der Waals surface area contributed by atoms with E-state index in [1.54, 1.807) is 0 Å². The topological polar surface area (TPSA) is 53.0 Å². The Morgan fingerprint density at radius 3 is 2.25 bits per heavy atom. The van der Waals surface area contributed by atoms with Crippen LogP contribution in [-0.2, 0) is 10.7 Å². The summed E-state index contributed by atoms with van der Waals surface area (Å²) < 4.78 is 23.6. The molecule has 1 heterocycles. The quantitative estimate of drug-likeness (QED) is 0.501. The maximum atomic E-state index is 11.8. The Hall–Kier alpha value is -2.67. The number of hydrogen-bond acceptors (Lipinski definition) is 5.